The maximum atomic E-state index is 12.6. The van der Waals surface area contributed by atoms with E-state index in [-0.39, 0.29) is 10.8 Å². The number of benzene rings is 3. The van der Waals surface area contributed by atoms with Crippen LogP contribution in [-0.4, -0.2) is 27.5 Å². The van der Waals surface area contributed by atoms with Crippen molar-refractivity contribution < 1.29 is 22.7 Å². The lowest BCUT2D eigenvalue weighted by Gasteiger charge is -2.17. The summed E-state index contributed by atoms with van der Waals surface area (Å²) < 4.78 is 38.7. The Bertz CT molecular complexity index is 1160. The lowest BCUT2D eigenvalue weighted by Crippen LogP contribution is -2.32. The van der Waals surface area contributed by atoms with Crippen molar-refractivity contribution in [2.45, 2.75) is 31.3 Å². The molecule has 0 heterocycles. The Balaban J connectivity index is 1.65. The number of rotatable bonds is 9. The van der Waals surface area contributed by atoms with E-state index >= 15 is 0 Å². The molecule has 0 aliphatic heterocycles. The van der Waals surface area contributed by atoms with Crippen LogP contribution in [0.15, 0.2) is 77.7 Å². The summed E-state index contributed by atoms with van der Waals surface area (Å²) in [7, 11) is -2.16. The first-order valence-electron chi connectivity index (χ1n) is 10.1. The Kier molecular flexibility index (Phi) is 7.37. The topological polar surface area (TPSA) is 93.7 Å². The molecule has 0 aromatic heterocycles. The van der Waals surface area contributed by atoms with Crippen LogP contribution in [-0.2, 0) is 14.8 Å². The summed E-state index contributed by atoms with van der Waals surface area (Å²) in [6.07, 6.45) is -0.236. The smallest absolute Gasteiger partial charge is 0.265 e. The first-order chi connectivity index (χ1) is 15.3. The third-order valence-electron chi connectivity index (χ3n) is 4.70. The van der Waals surface area contributed by atoms with Gasteiger partial charge in [-0.1, -0.05) is 19.1 Å². The molecule has 1 amide bonds. The minimum absolute atomic E-state index is 0.0959. The summed E-state index contributed by atoms with van der Waals surface area (Å²) in [6, 6.07) is 20.1. The molecule has 0 aliphatic rings. The van der Waals surface area contributed by atoms with E-state index in [2.05, 4.69) is 10.0 Å². The zero-order valence-electron chi connectivity index (χ0n) is 18.2. The van der Waals surface area contributed by atoms with E-state index in [0.717, 1.165) is 5.56 Å². The molecule has 32 heavy (non-hydrogen) atoms. The summed E-state index contributed by atoms with van der Waals surface area (Å²) in [4.78, 5) is 12.7. The van der Waals surface area contributed by atoms with E-state index in [0.29, 0.717) is 29.3 Å². The molecule has 168 valence electrons. The zero-order valence-corrected chi connectivity index (χ0v) is 19.0. The van der Waals surface area contributed by atoms with Crippen molar-refractivity contribution >= 4 is 27.3 Å². The molecular weight excluding hydrogens is 428 g/mol. The first kappa shape index (κ1) is 23.1. The number of carbonyl (C=O) groups is 1. The third-order valence-corrected chi connectivity index (χ3v) is 6.10. The standard InChI is InChI=1S/C24H26N2O5S/c1-4-23(31-21-12-10-20(30-3)11-13-21)24(27)25-18-8-14-22(15-9-18)32(28,29)26-19-7-5-6-17(2)16-19/h5-16,23,26H,4H2,1-3H3,(H,25,27)/t23-/m1/s1. The van der Waals surface area contributed by atoms with E-state index in [9.17, 15) is 13.2 Å². The molecule has 0 spiro atoms. The molecule has 2 N–H and O–H groups in total. The quantitative estimate of drug-likeness (QED) is 0.493. The molecule has 3 aromatic rings. The normalized spacial score (nSPS) is 12.0. The van der Waals surface area contributed by atoms with E-state index in [1.165, 1.54) is 12.1 Å². The van der Waals surface area contributed by atoms with Gasteiger partial charge in [0.15, 0.2) is 6.10 Å². The second-order valence-corrected chi connectivity index (χ2v) is 8.86. The number of methoxy groups -OCH3 is 1. The maximum Gasteiger partial charge on any atom is 0.265 e. The highest BCUT2D eigenvalue weighted by Gasteiger charge is 2.19. The van der Waals surface area contributed by atoms with Crippen LogP contribution in [0, 0.1) is 6.92 Å². The molecule has 0 radical (unpaired) electrons. The number of sulfonamides is 1. The molecule has 7 nitrogen and oxygen atoms in total. The Morgan fingerprint density at radius 1 is 0.938 bits per heavy atom. The molecule has 0 bridgehead atoms. The minimum Gasteiger partial charge on any atom is -0.497 e. The van der Waals surface area contributed by atoms with Crippen LogP contribution >= 0.6 is 0 Å². The highest BCUT2D eigenvalue weighted by atomic mass is 32.2. The summed E-state index contributed by atoms with van der Waals surface area (Å²) in [5.41, 5.74) is 1.91. The Hall–Kier alpha value is -3.52. The van der Waals surface area contributed by atoms with Crippen LogP contribution in [0.1, 0.15) is 18.9 Å². The van der Waals surface area contributed by atoms with Crippen molar-refractivity contribution in [3.8, 4) is 11.5 Å². The number of hydrogen-bond donors (Lipinski definition) is 2. The molecule has 0 saturated heterocycles. The van der Waals surface area contributed by atoms with Gasteiger partial charge in [0.2, 0.25) is 0 Å². The lowest BCUT2D eigenvalue weighted by molar-refractivity contribution is -0.122. The van der Waals surface area contributed by atoms with E-state index in [4.69, 9.17) is 9.47 Å². The predicted molar refractivity (Wildman–Crippen MR) is 125 cm³/mol. The van der Waals surface area contributed by atoms with E-state index in [1.54, 1.807) is 61.7 Å². The first-order valence-corrected chi connectivity index (χ1v) is 11.6. The van der Waals surface area contributed by atoms with Crippen LogP contribution < -0.4 is 19.5 Å². The highest BCUT2D eigenvalue weighted by molar-refractivity contribution is 7.92. The van der Waals surface area contributed by atoms with Gasteiger partial charge in [-0.2, -0.15) is 0 Å². The molecule has 3 aromatic carbocycles. The zero-order chi connectivity index (χ0) is 23.1. The minimum atomic E-state index is -3.74. The fraction of sp³-hybridized carbons (Fsp3) is 0.208. The molecule has 1 atom stereocenters. The van der Waals surface area contributed by atoms with Crippen LogP contribution in [0.25, 0.3) is 0 Å². The van der Waals surface area contributed by atoms with Crippen LogP contribution in [0.5, 0.6) is 11.5 Å². The van der Waals surface area contributed by atoms with Crippen LogP contribution in [0.3, 0.4) is 0 Å². The second kappa shape index (κ2) is 10.2. The predicted octanol–water partition coefficient (Wildman–Crippen LogP) is 4.60. The van der Waals surface area contributed by atoms with Gasteiger partial charge >= 0.3 is 0 Å². The van der Waals surface area contributed by atoms with Gasteiger partial charge in [0.25, 0.3) is 15.9 Å². The van der Waals surface area contributed by atoms with Crippen molar-refractivity contribution in [1.82, 2.24) is 0 Å². The van der Waals surface area contributed by atoms with Gasteiger partial charge in [-0.25, -0.2) is 8.42 Å². The molecule has 3 rings (SSSR count). The molecule has 8 heteroatoms. The summed E-state index contributed by atoms with van der Waals surface area (Å²) in [6.45, 7) is 3.73. The molecule has 0 saturated carbocycles. The van der Waals surface area contributed by atoms with Crippen molar-refractivity contribution in [2.75, 3.05) is 17.1 Å². The van der Waals surface area contributed by atoms with Gasteiger partial charge in [0.05, 0.1) is 12.0 Å². The van der Waals surface area contributed by atoms with Crippen LogP contribution in [0.4, 0.5) is 11.4 Å². The largest absolute Gasteiger partial charge is 0.497 e. The van der Waals surface area contributed by atoms with Gasteiger partial charge in [-0.15, -0.1) is 0 Å². The van der Waals surface area contributed by atoms with Crippen molar-refractivity contribution in [1.29, 1.82) is 0 Å². The third kappa shape index (κ3) is 6.01. The van der Waals surface area contributed by atoms with Crippen molar-refractivity contribution in [3.63, 3.8) is 0 Å². The second-order valence-electron chi connectivity index (χ2n) is 7.18. The Morgan fingerprint density at radius 3 is 2.19 bits per heavy atom. The maximum absolute atomic E-state index is 12.6. The molecule has 0 fully saturated rings. The SMILES string of the molecule is CC[C@@H](Oc1ccc(OC)cc1)C(=O)Nc1ccc(S(=O)(=O)Nc2cccc(C)c2)cc1. The summed E-state index contributed by atoms with van der Waals surface area (Å²) in [5.74, 6) is 0.926. The van der Waals surface area contributed by atoms with Crippen molar-refractivity contribution in [2.24, 2.45) is 0 Å². The van der Waals surface area contributed by atoms with Gasteiger partial charge in [-0.05, 0) is 79.6 Å². The van der Waals surface area contributed by atoms with Gasteiger partial charge < -0.3 is 14.8 Å². The Labute approximate surface area is 188 Å². The van der Waals surface area contributed by atoms with Crippen LogP contribution in [0.2, 0.25) is 0 Å². The number of amides is 1. The fourth-order valence-electron chi connectivity index (χ4n) is 3.00. The number of hydrogen-bond acceptors (Lipinski definition) is 5. The number of nitrogens with one attached hydrogen (secondary N) is 2. The van der Waals surface area contributed by atoms with Gasteiger partial charge in [0.1, 0.15) is 11.5 Å². The number of anilines is 2. The molecule has 0 aliphatic carbocycles. The average molecular weight is 455 g/mol. The van der Waals surface area contributed by atoms with E-state index < -0.39 is 16.1 Å². The summed E-state index contributed by atoms with van der Waals surface area (Å²) >= 11 is 0. The van der Waals surface area contributed by atoms with Gasteiger partial charge in [0, 0.05) is 11.4 Å². The number of ether oxygens (including phenoxy) is 2. The average Bonchev–Trinajstić information content (AvgIpc) is 2.78. The lowest BCUT2D eigenvalue weighted by atomic mass is 10.2. The molecule has 0 unspecified atom stereocenters. The fourth-order valence-corrected chi connectivity index (χ4v) is 4.05. The Morgan fingerprint density at radius 2 is 1.59 bits per heavy atom. The highest BCUT2D eigenvalue weighted by Crippen LogP contribution is 2.21. The monoisotopic (exact) mass is 454 g/mol. The van der Waals surface area contributed by atoms with E-state index in [1.807, 2.05) is 19.9 Å². The number of carbonyl (C=O) groups excluding carboxylic acids is 1. The van der Waals surface area contributed by atoms with Gasteiger partial charge in [-0.3, -0.25) is 9.52 Å². The van der Waals surface area contributed by atoms with Crippen molar-refractivity contribution in [3.05, 3.63) is 78.4 Å². The molecular formula is C24H26N2O5S. The number of aryl methyl sites for hydroxylation is 1. The summed E-state index contributed by atoms with van der Waals surface area (Å²) in [5, 5.41) is 2.77.